The minimum absolute atomic E-state index is 0.182. The van der Waals surface area contributed by atoms with Gasteiger partial charge in [0.05, 0.1) is 4.88 Å². The molecular weight excluding hydrogens is 282 g/mol. The molecule has 1 saturated heterocycles. The number of nitrogens with zero attached hydrogens (tertiary/aromatic N) is 1. The third-order valence-corrected chi connectivity index (χ3v) is 5.44. The summed E-state index contributed by atoms with van der Waals surface area (Å²) >= 11 is 1.62. The molecule has 0 saturated carbocycles. The Morgan fingerprint density at radius 3 is 2.90 bits per heavy atom. The Hall–Kier alpha value is -1.81. The number of aryl methyl sites for hydroxylation is 1. The van der Waals surface area contributed by atoms with E-state index in [-0.39, 0.29) is 5.91 Å². The molecule has 0 atom stereocenters. The smallest absolute Gasteiger partial charge is 0.263 e. The summed E-state index contributed by atoms with van der Waals surface area (Å²) in [5.74, 6) is 1.12. The Morgan fingerprint density at radius 1 is 1.29 bits per heavy atom. The van der Waals surface area contributed by atoms with Gasteiger partial charge in [-0.25, -0.2) is 0 Å². The van der Waals surface area contributed by atoms with E-state index in [0.717, 1.165) is 47.7 Å². The van der Waals surface area contributed by atoms with Crippen molar-refractivity contribution >= 4 is 17.2 Å². The molecule has 2 aliphatic heterocycles. The SMILES string of the molecule is Cc1cccc2c1-c1sc(C(=O)N3CCCC3)cc1CO2. The first-order valence-corrected chi connectivity index (χ1v) is 8.20. The van der Waals surface area contributed by atoms with Gasteiger partial charge in [0, 0.05) is 29.1 Å². The number of ether oxygens (including phenoxy) is 1. The predicted molar refractivity (Wildman–Crippen MR) is 84.0 cm³/mol. The molecule has 108 valence electrons. The summed E-state index contributed by atoms with van der Waals surface area (Å²) in [4.78, 5) is 16.6. The molecule has 2 aliphatic rings. The van der Waals surface area contributed by atoms with E-state index in [1.54, 1.807) is 11.3 Å². The maximum absolute atomic E-state index is 12.6. The van der Waals surface area contributed by atoms with E-state index in [9.17, 15) is 4.79 Å². The fourth-order valence-electron chi connectivity index (χ4n) is 3.14. The molecule has 3 heterocycles. The summed E-state index contributed by atoms with van der Waals surface area (Å²) in [7, 11) is 0. The van der Waals surface area contributed by atoms with Crippen LogP contribution in [0.3, 0.4) is 0 Å². The molecule has 21 heavy (non-hydrogen) atoms. The molecular formula is C17H17NO2S. The number of hydrogen-bond donors (Lipinski definition) is 0. The highest BCUT2D eigenvalue weighted by atomic mass is 32.1. The highest BCUT2D eigenvalue weighted by Crippen LogP contribution is 2.44. The molecule has 2 aromatic rings. The summed E-state index contributed by atoms with van der Waals surface area (Å²) in [5.41, 5.74) is 3.50. The van der Waals surface area contributed by atoms with Crippen molar-refractivity contribution in [1.82, 2.24) is 4.90 Å². The van der Waals surface area contributed by atoms with Crippen LogP contribution in [-0.4, -0.2) is 23.9 Å². The number of benzene rings is 1. The van der Waals surface area contributed by atoms with Gasteiger partial charge in [-0.05, 0) is 37.5 Å². The van der Waals surface area contributed by atoms with Gasteiger partial charge in [0.1, 0.15) is 12.4 Å². The zero-order valence-corrected chi connectivity index (χ0v) is 12.8. The normalized spacial score (nSPS) is 16.3. The van der Waals surface area contributed by atoms with Crippen molar-refractivity contribution in [3.8, 4) is 16.2 Å². The molecule has 0 radical (unpaired) electrons. The maximum Gasteiger partial charge on any atom is 0.263 e. The third kappa shape index (κ3) is 2.05. The number of fused-ring (bicyclic) bond motifs is 3. The van der Waals surface area contributed by atoms with Crippen LogP contribution in [0.5, 0.6) is 5.75 Å². The lowest BCUT2D eigenvalue weighted by atomic mass is 10.0. The van der Waals surface area contributed by atoms with Gasteiger partial charge in [0.25, 0.3) is 5.91 Å². The molecule has 0 aliphatic carbocycles. The molecule has 1 aromatic heterocycles. The Labute approximate surface area is 128 Å². The molecule has 1 aromatic carbocycles. The van der Waals surface area contributed by atoms with Crippen LogP contribution in [0.4, 0.5) is 0 Å². The van der Waals surface area contributed by atoms with Crippen LogP contribution >= 0.6 is 11.3 Å². The van der Waals surface area contributed by atoms with Crippen LogP contribution in [0.15, 0.2) is 24.3 Å². The highest BCUT2D eigenvalue weighted by molar-refractivity contribution is 7.17. The van der Waals surface area contributed by atoms with Crippen LogP contribution in [0.25, 0.3) is 10.4 Å². The van der Waals surface area contributed by atoms with Crippen molar-refractivity contribution in [3.63, 3.8) is 0 Å². The molecule has 0 spiro atoms. The Morgan fingerprint density at radius 2 is 2.10 bits per heavy atom. The van der Waals surface area contributed by atoms with Crippen molar-refractivity contribution < 1.29 is 9.53 Å². The average Bonchev–Trinajstić information content (AvgIpc) is 3.15. The summed E-state index contributed by atoms with van der Waals surface area (Å²) < 4.78 is 5.83. The monoisotopic (exact) mass is 299 g/mol. The van der Waals surface area contributed by atoms with E-state index < -0.39 is 0 Å². The zero-order valence-electron chi connectivity index (χ0n) is 12.0. The van der Waals surface area contributed by atoms with Crippen molar-refractivity contribution in [2.24, 2.45) is 0 Å². The predicted octanol–water partition coefficient (Wildman–Crippen LogP) is 3.85. The Balaban J connectivity index is 1.76. The van der Waals surface area contributed by atoms with Gasteiger partial charge >= 0.3 is 0 Å². The van der Waals surface area contributed by atoms with Gasteiger partial charge < -0.3 is 9.64 Å². The van der Waals surface area contributed by atoms with Gasteiger partial charge in [0.15, 0.2) is 0 Å². The lowest BCUT2D eigenvalue weighted by molar-refractivity contribution is 0.0797. The topological polar surface area (TPSA) is 29.5 Å². The van der Waals surface area contributed by atoms with Crippen LogP contribution in [0.2, 0.25) is 0 Å². The van der Waals surface area contributed by atoms with Gasteiger partial charge in [-0.2, -0.15) is 0 Å². The van der Waals surface area contributed by atoms with E-state index >= 15 is 0 Å². The second-order valence-corrected chi connectivity index (χ2v) is 6.75. The highest BCUT2D eigenvalue weighted by Gasteiger charge is 2.26. The van der Waals surface area contributed by atoms with Crippen molar-refractivity contribution in [1.29, 1.82) is 0 Å². The van der Waals surface area contributed by atoms with Crippen LogP contribution in [0.1, 0.15) is 33.6 Å². The van der Waals surface area contributed by atoms with Gasteiger partial charge in [-0.1, -0.05) is 12.1 Å². The lowest BCUT2D eigenvalue weighted by Crippen LogP contribution is -2.26. The first-order chi connectivity index (χ1) is 10.2. The first-order valence-electron chi connectivity index (χ1n) is 7.39. The number of likely N-dealkylation sites (tertiary alicyclic amines) is 1. The summed E-state index contributed by atoms with van der Waals surface area (Å²) in [6.45, 7) is 4.45. The third-order valence-electron chi connectivity index (χ3n) is 4.26. The molecule has 0 unspecified atom stereocenters. The zero-order chi connectivity index (χ0) is 14.4. The Bertz CT molecular complexity index is 714. The summed E-state index contributed by atoms with van der Waals surface area (Å²) in [6.07, 6.45) is 2.25. The van der Waals surface area contributed by atoms with Crippen molar-refractivity contribution in [2.75, 3.05) is 13.1 Å². The minimum atomic E-state index is 0.182. The number of hydrogen-bond acceptors (Lipinski definition) is 3. The number of carbonyl (C=O) groups excluding carboxylic acids is 1. The molecule has 3 nitrogen and oxygen atoms in total. The number of amides is 1. The number of rotatable bonds is 1. The molecule has 4 rings (SSSR count). The standard InChI is InChI=1S/C17H17NO2S/c1-11-5-4-6-13-15(11)16-12(10-20-13)9-14(21-16)17(19)18-7-2-3-8-18/h4-6,9H,2-3,7-8,10H2,1H3. The quantitative estimate of drug-likeness (QED) is 0.800. The van der Waals surface area contributed by atoms with Crippen LogP contribution < -0.4 is 4.74 Å². The number of carbonyl (C=O) groups is 1. The maximum atomic E-state index is 12.6. The summed E-state index contributed by atoms with van der Waals surface area (Å²) in [5, 5.41) is 0. The van der Waals surface area contributed by atoms with E-state index in [2.05, 4.69) is 13.0 Å². The second-order valence-electron chi connectivity index (χ2n) is 5.70. The lowest BCUT2D eigenvalue weighted by Gasteiger charge is -2.19. The average molecular weight is 299 g/mol. The van der Waals surface area contributed by atoms with Gasteiger partial charge in [0.2, 0.25) is 0 Å². The minimum Gasteiger partial charge on any atom is -0.488 e. The largest absolute Gasteiger partial charge is 0.488 e. The summed E-state index contributed by atoms with van der Waals surface area (Å²) in [6, 6.07) is 8.14. The van der Waals surface area contributed by atoms with Crippen LogP contribution in [0, 0.1) is 6.92 Å². The fraction of sp³-hybridized carbons (Fsp3) is 0.353. The van der Waals surface area contributed by atoms with Crippen molar-refractivity contribution in [3.05, 3.63) is 40.3 Å². The molecule has 4 heteroatoms. The second kappa shape index (κ2) is 4.88. The Kier molecular flexibility index (Phi) is 3.00. The van der Waals surface area contributed by atoms with Gasteiger partial charge in [-0.15, -0.1) is 11.3 Å². The van der Waals surface area contributed by atoms with E-state index in [4.69, 9.17) is 4.74 Å². The first kappa shape index (κ1) is 12.9. The van der Waals surface area contributed by atoms with E-state index in [1.165, 1.54) is 10.4 Å². The van der Waals surface area contributed by atoms with E-state index in [0.29, 0.717) is 6.61 Å². The molecule has 1 fully saturated rings. The fourth-order valence-corrected chi connectivity index (χ4v) is 4.39. The molecule has 0 N–H and O–H groups in total. The molecule has 0 bridgehead atoms. The van der Waals surface area contributed by atoms with Gasteiger partial charge in [-0.3, -0.25) is 4.79 Å². The van der Waals surface area contributed by atoms with E-state index in [1.807, 2.05) is 23.1 Å². The number of thiophene rings is 1. The van der Waals surface area contributed by atoms with Crippen LogP contribution in [-0.2, 0) is 6.61 Å². The van der Waals surface area contributed by atoms with Crippen molar-refractivity contribution in [2.45, 2.75) is 26.4 Å². The molecule has 1 amide bonds.